The van der Waals surface area contributed by atoms with E-state index < -0.39 is 0 Å². The zero-order valence-corrected chi connectivity index (χ0v) is 21.1. The predicted octanol–water partition coefficient (Wildman–Crippen LogP) is 5.93. The maximum absolute atomic E-state index is 12.4. The standard InChI is InChI=1S/C30H43FO4/c1-22(20-32)10-13-34-29-17-28(18-30(19-29)35-14-11-23(2)21-33)27-9-8-25-15-24(5-3-4-12-31)6-7-26(25)16-27/h6-9,16,24,28-30,32-33H,1-5,10-15,17-21H2. The molecule has 194 valence electrons. The fraction of sp³-hybridized carbons (Fsp3) is 0.600. The number of aliphatic hydroxyl groups excluding tert-OH is 2. The molecule has 1 aromatic rings. The molecule has 0 bridgehead atoms. The molecule has 2 aliphatic rings. The number of aliphatic hydroxyl groups is 2. The van der Waals surface area contributed by atoms with Gasteiger partial charge in [0.2, 0.25) is 0 Å². The molecule has 0 saturated heterocycles. The molecule has 0 radical (unpaired) electrons. The quantitative estimate of drug-likeness (QED) is 0.238. The topological polar surface area (TPSA) is 58.9 Å². The van der Waals surface area contributed by atoms with Gasteiger partial charge in [-0.05, 0) is 91.0 Å². The lowest BCUT2D eigenvalue weighted by atomic mass is 9.78. The Balaban J connectivity index is 1.64. The van der Waals surface area contributed by atoms with Gasteiger partial charge in [-0.1, -0.05) is 49.9 Å². The van der Waals surface area contributed by atoms with Crippen molar-refractivity contribution in [1.29, 1.82) is 0 Å². The minimum atomic E-state index is -0.223. The van der Waals surface area contributed by atoms with Gasteiger partial charge in [0.05, 0.1) is 45.3 Å². The Morgan fingerprint density at radius 1 is 0.943 bits per heavy atom. The number of alkyl halides is 1. The normalized spacial score (nSPS) is 23.7. The number of unbranched alkanes of at least 4 members (excludes halogenated alkanes) is 1. The van der Waals surface area contributed by atoms with Crippen LogP contribution in [0.4, 0.5) is 4.39 Å². The van der Waals surface area contributed by atoms with Crippen molar-refractivity contribution >= 4 is 6.08 Å². The summed E-state index contributed by atoms with van der Waals surface area (Å²) in [5, 5.41) is 18.4. The lowest BCUT2D eigenvalue weighted by Crippen LogP contribution is -2.33. The lowest BCUT2D eigenvalue weighted by Gasteiger charge is -2.35. The first kappa shape index (κ1) is 27.8. The molecule has 0 aromatic heterocycles. The summed E-state index contributed by atoms with van der Waals surface area (Å²) in [4.78, 5) is 0. The number of halogens is 1. The number of rotatable bonds is 15. The van der Waals surface area contributed by atoms with Crippen LogP contribution in [-0.4, -0.2) is 55.5 Å². The molecule has 1 saturated carbocycles. The molecular formula is C30H43FO4. The molecular weight excluding hydrogens is 443 g/mol. The highest BCUT2D eigenvalue weighted by Gasteiger charge is 2.31. The predicted molar refractivity (Wildman–Crippen MR) is 140 cm³/mol. The fourth-order valence-corrected chi connectivity index (χ4v) is 5.16. The van der Waals surface area contributed by atoms with Gasteiger partial charge in [0.1, 0.15) is 0 Å². The summed E-state index contributed by atoms with van der Waals surface area (Å²) in [5.74, 6) is 0.856. The first-order valence-electron chi connectivity index (χ1n) is 13.2. The number of fused-ring (bicyclic) bond motifs is 1. The van der Waals surface area contributed by atoms with Crippen LogP contribution in [0.5, 0.6) is 0 Å². The van der Waals surface area contributed by atoms with E-state index in [1.54, 1.807) is 0 Å². The molecule has 0 heterocycles. The third-order valence-corrected chi connectivity index (χ3v) is 7.32. The Bertz CT molecular complexity index is 819. The van der Waals surface area contributed by atoms with E-state index in [-0.39, 0.29) is 32.1 Å². The SMILES string of the molecule is C=C(CO)CCOC1CC(OCCC(=C)CO)CC(c2ccc3c(c2)C=CC(CCCCF)C3)C1. The van der Waals surface area contributed by atoms with Gasteiger partial charge in [0.25, 0.3) is 0 Å². The number of allylic oxidation sites excluding steroid dienone is 1. The van der Waals surface area contributed by atoms with Crippen LogP contribution in [0.15, 0.2) is 48.6 Å². The fourth-order valence-electron chi connectivity index (χ4n) is 5.16. The largest absolute Gasteiger partial charge is 0.392 e. The summed E-state index contributed by atoms with van der Waals surface area (Å²) >= 11 is 0. The summed E-state index contributed by atoms with van der Waals surface area (Å²) in [6, 6.07) is 6.87. The van der Waals surface area contributed by atoms with Crippen LogP contribution in [0.2, 0.25) is 0 Å². The van der Waals surface area contributed by atoms with Crippen LogP contribution in [0.1, 0.15) is 74.0 Å². The zero-order chi connectivity index (χ0) is 25.0. The van der Waals surface area contributed by atoms with Gasteiger partial charge >= 0.3 is 0 Å². The van der Waals surface area contributed by atoms with Crippen LogP contribution >= 0.6 is 0 Å². The maximum Gasteiger partial charge on any atom is 0.0894 e. The Kier molecular flexibility index (Phi) is 11.7. The molecule has 2 N–H and O–H groups in total. The average Bonchev–Trinajstić information content (AvgIpc) is 2.88. The van der Waals surface area contributed by atoms with Gasteiger partial charge in [-0.25, -0.2) is 0 Å². The molecule has 1 fully saturated rings. The summed E-state index contributed by atoms with van der Waals surface area (Å²) < 4.78 is 24.9. The number of benzene rings is 1. The van der Waals surface area contributed by atoms with Crippen molar-refractivity contribution in [3.05, 3.63) is 65.3 Å². The van der Waals surface area contributed by atoms with Crippen molar-refractivity contribution in [3.8, 4) is 0 Å². The smallest absolute Gasteiger partial charge is 0.0894 e. The molecule has 0 amide bonds. The second-order valence-corrected chi connectivity index (χ2v) is 10.2. The summed E-state index contributed by atoms with van der Waals surface area (Å²) in [6.45, 7) is 8.60. The maximum atomic E-state index is 12.4. The van der Waals surface area contributed by atoms with E-state index in [4.69, 9.17) is 9.47 Å². The molecule has 35 heavy (non-hydrogen) atoms. The Morgan fingerprint density at radius 3 is 2.20 bits per heavy atom. The third kappa shape index (κ3) is 8.98. The van der Waals surface area contributed by atoms with Crippen molar-refractivity contribution in [2.75, 3.05) is 33.1 Å². The first-order chi connectivity index (χ1) is 17.0. The van der Waals surface area contributed by atoms with Gasteiger partial charge in [0, 0.05) is 0 Å². The van der Waals surface area contributed by atoms with Crippen molar-refractivity contribution in [1.82, 2.24) is 0 Å². The number of hydrogen-bond donors (Lipinski definition) is 2. The van der Waals surface area contributed by atoms with E-state index in [0.717, 1.165) is 49.7 Å². The second-order valence-electron chi connectivity index (χ2n) is 10.2. The highest BCUT2D eigenvalue weighted by molar-refractivity contribution is 5.58. The molecule has 3 atom stereocenters. The Hall–Kier alpha value is -1.79. The van der Waals surface area contributed by atoms with E-state index >= 15 is 0 Å². The second kappa shape index (κ2) is 14.7. The summed E-state index contributed by atoms with van der Waals surface area (Å²) in [6.07, 6.45) is 12.5. The molecule has 2 aliphatic carbocycles. The monoisotopic (exact) mass is 486 g/mol. The molecule has 0 spiro atoms. The molecule has 0 aliphatic heterocycles. The van der Waals surface area contributed by atoms with E-state index in [9.17, 15) is 14.6 Å². The van der Waals surface area contributed by atoms with Crippen LogP contribution in [0, 0.1) is 5.92 Å². The van der Waals surface area contributed by atoms with E-state index in [1.165, 1.54) is 16.7 Å². The van der Waals surface area contributed by atoms with Crippen LogP contribution in [0.3, 0.4) is 0 Å². The van der Waals surface area contributed by atoms with E-state index in [2.05, 4.69) is 43.5 Å². The van der Waals surface area contributed by atoms with Crippen molar-refractivity contribution in [3.63, 3.8) is 0 Å². The number of hydrogen-bond acceptors (Lipinski definition) is 4. The molecule has 5 heteroatoms. The van der Waals surface area contributed by atoms with Gasteiger partial charge in [0.15, 0.2) is 0 Å². The lowest BCUT2D eigenvalue weighted by molar-refractivity contribution is -0.0499. The van der Waals surface area contributed by atoms with Crippen molar-refractivity contribution in [2.45, 2.75) is 75.9 Å². The molecule has 3 rings (SSSR count). The van der Waals surface area contributed by atoms with Crippen molar-refractivity contribution in [2.24, 2.45) is 5.92 Å². The van der Waals surface area contributed by atoms with E-state index in [0.29, 0.717) is 44.3 Å². The van der Waals surface area contributed by atoms with Gasteiger partial charge < -0.3 is 19.7 Å². The third-order valence-electron chi connectivity index (χ3n) is 7.32. The minimum Gasteiger partial charge on any atom is -0.392 e. The highest BCUT2D eigenvalue weighted by Crippen LogP contribution is 2.38. The highest BCUT2D eigenvalue weighted by atomic mass is 19.1. The first-order valence-corrected chi connectivity index (χ1v) is 13.2. The van der Waals surface area contributed by atoms with Gasteiger partial charge in [-0.15, -0.1) is 0 Å². The molecule has 4 nitrogen and oxygen atoms in total. The number of ether oxygens (including phenoxy) is 2. The summed E-state index contributed by atoms with van der Waals surface area (Å²) in [7, 11) is 0. The van der Waals surface area contributed by atoms with Gasteiger partial charge in [-0.3, -0.25) is 4.39 Å². The molecule has 3 unspecified atom stereocenters. The van der Waals surface area contributed by atoms with Crippen LogP contribution < -0.4 is 0 Å². The average molecular weight is 487 g/mol. The van der Waals surface area contributed by atoms with E-state index in [1.807, 2.05) is 0 Å². The zero-order valence-electron chi connectivity index (χ0n) is 21.1. The van der Waals surface area contributed by atoms with Crippen LogP contribution in [0.25, 0.3) is 6.08 Å². The minimum absolute atomic E-state index is 0.00349. The van der Waals surface area contributed by atoms with Crippen LogP contribution in [-0.2, 0) is 15.9 Å². The van der Waals surface area contributed by atoms with Crippen molar-refractivity contribution < 1.29 is 24.1 Å². The Labute approximate surface area is 210 Å². The molecule has 1 aromatic carbocycles. The Morgan fingerprint density at radius 2 is 1.60 bits per heavy atom. The van der Waals surface area contributed by atoms with Gasteiger partial charge in [-0.2, -0.15) is 0 Å². The summed E-state index contributed by atoms with van der Waals surface area (Å²) in [5.41, 5.74) is 5.58.